The largest absolute Gasteiger partial charge is 0.306 e. The lowest BCUT2D eigenvalue weighted by atomic mass is 10.1. The van der Waals surface area contributed by atoms with E-state index in [1.54, 1.807) is 0 Å². The molecule has 3 heterocycles. The fraction of sp³-hybridized carbons (Fsp3) is 0. The fourth-order valence-corrected chi connectivity index (χ4v) is 7.84. The van der Waals surface area contributed by atoms with Gasteiger partial charge in [-0.1, -0.05) is 78.9 Å². The van der Waals surface area contributed by atoms with E-state index < -0.39 is 0 Å². The van der Waals surface area contributed by atoms with Gasteiger partial charge in [0.2, 0.25) is 0 Å². The number of hydrogen-bond acceptors (Lipinski definition) is 2. The minimum absolute atomic E-state index is 1.27. The molecule has 0 bridgehead atoms. The summed E-state index contributed by atoms with van der Waals surface area (Å²) in [5.74, 6) is 0. The maximum absolute atomic E-state index is 2.51. The van der Waals surface area contributed by atoms with Crippen LogP contribution in [-0.2, 0) is 0 Å². The molecule has 3 heteroatoms. The van der Waals surface area contributed by atoms with Crippen molar-refractivity contribution in [2.75, 3.05) is 0 Å². The van der Waals surface area contributed by atoms with Gasteiger partial charge in [0, 0.05) is 41.7 Å². The van der Waals surface area contributed by atoms with E-state index in [2.05, 4.69) is 108 Å². The highest BCUT2D eigenvalue weighted by Gasteiger charge is 2.19. The lowest BCUT2D eigenvalue weighted by molar-refractivity contribution is 1.21. The first-order valence-electron chi connectivity index (χ1n) is 11.1. The Hall–Kier alpha value is -3.66. The van der Waals surface area contributed by atoms with Gasteiger partial charge in [-0.25, -0.2) is 0 Å². The maximum Gasteiger partial charge on any atom is 0.0720 e. The summed E-state index contributed by atoms with van der Waals surface area (Å²) in [6.45, 7) is 0. The van der Waals surface area contributed by atoms with Crippen molar-refractivity contribution in [3.05, 3.63) is 103 Å². The molecule has 8 aromatic rings. The van der Waals surface area contributed by atoms with Gasteiger partial charge in [-0.3, -0.25) is 0 Å². The Kier molecular flexibility index (Phi) is 3.48. The third-order valence-corrected chi connectivity index (χ3v) is 9.21. The number of rotatable bonds is 1. The topological polar surface area (TPSA) is 4.93 Å². The summed E-state index contributed by atoms with van der Waals surface area (Å²) in [7, 11) is 0. The highest BCUT2D eigenvalue weighted by atomic mass is 32.1. The van der Waals surface area contributed by atoms with Crippen LogP contribution in [0.4, 0.5) is 0 Å². The minimum Gasteiger partial charge on any atom is -0.306 e. The summed E-state index contributed by atoms with van der Waals surface area (Å²) in [5.41, 5.74) is 3.85. The number of para-hydroxylation sites is 1. The van der Waals surface area contributed by atoms with Crippen LogP contribution in [0.25, 0.3) is 67.8 Å². The molecule has 0 N–H and O–H groups in total. The van der Waals surface area contributed by atoms with Gasteiger partial charge in [-0.2, -0.15) is 0 Å². The molecule has 5 aromatic carbocycles. The molecule has 0 fully saturated rings. The highest BCUT2D eigenvalue weighted by molar-refractivity contribution is 7.27. The molecule has 33 heavy (non-hydrogen) atoms. The van der Waals surface area contributed by atoms with Crippen molar-refractivity contribution in [3.8, 4) is 5.69 Å². The van der Waals surface area contributed by atoms with Crippen molar-refractivity contribution in [1.82, 2.24) is 4.57 Å². The lowest BCUT2D eigenvalue weighted by Crippen LogP contribution is -1.94. The van der Waals surface area contributed by atoms with E-state index in [0.29, 0.717) is 0 Å². The van der Waals surface area contributed by atoms with Gasteiger partial charge in [-0.15, -0.1) is 22.7 Å². The van der Waals surface area contributed by atoms with Gasteiger partial charge >= 0.3 is 0 Å². The molecule has 3 aromatic heterocycles. The molecule has 0 radical (unpaired) electrons. The first-order valence-corrected chi connectivity index (χ1v) is 12.8. The lowest BCUT2D eigenvalue weighted by Gasteiger charge is -2.10. The number of fused-ring (bicyclic) bond motifs is 10. The van der Waals surface area contributed by atoms with Gasteiger partial charge in [0.1, 0.15) is 0 Å². The molecule has 1 nitrogen and oxygen atoms in total. The average molecular weight is 456 g/mol. The molecule has 0 saturated heterocycles. The smallest absolute Gasteiger partial charge is 0.0720 e. The second-order valence-corrected chi connectivity index (χ2v) is 10.6. The van der Waals surface area contributed by atoms with Crippen molar-refractivity contribution < 1.29 is 0 Å². The van der Waals surface area contributed by atoms with Crippen LogP contribution in [0.2, 0.25) is 0 Å². The zero-order chi connectivity index (χ0) is 21.5. The molecule has 154 valence electrons. The Morgan fingerprint density at radius 1 is 0.424 bits per heavy atom. The minimum atomic E-state index is 1.27. The SMILES string of the molecule is c1ccc2c(c1)sc1c(-n3c4ccccc4c4ccc5c6ccccc6sc5c43)cccc12. The van der Waals surface area contributed by atoms with Crippen molar-refractivity contribution >= 4 is 84.8 Å². The van der Waals surface area contributed by atoms with E-state index in [9.17, 15) is 0 Å². The monoisotopic (exact) mass is 455 g/mol. The number of nitrogens with zero attached hydrogens (tertiary/aromatic N) is 1. The Morgan fingerprint density at radius 3 is 1.79 bits per heavy atom. The Bertz CT molecular complexity index is 2030. The van der Waals surface area contributed by atoms with Crippen LogP contribution >= 0.6 is 22.7 Å². The number of aromatic nitrogens is 1. The first kappa shape index (κ1) is 17.8. The van der Waals surface area contributed by atoms with Crippen LogP contribution in [-0.4, -0.2) is 4.57 Å². The summed E-state index contributed by atoms with van der Waals surface area (Å²) in [5, 5.41) is 7.99. The van der Waals surface area contributed by atoms with Crippen LogP contribution in [0, 0.1) is 0 Å². The highest BCUT2D eigenvalue weighted by Crippen LogP contribution is 2.45. The number of hydrogen-bond donors (Lipinski definition) is 0. The summed E-state index contributed by atoms with van der Waals surface area (Å²) >= 11 is 3.80. The van der Waals surface area contributed by atoms with Crippen molar-refractivity contribution in [1.29, 1.82) is 0 Å². The predicted octanol–water partition coefficient (Wildman–Crippen LogP) is 9.52. The van der Waals surface area contributed by atoms with Gasteiger partial charge in [-0.05, 0) is 24.3 Å². The van der Waals surface area contributed by atoms with Crippen molar-refractivity contribution in [2.24, 2.45) is 0 Å². The molecule has 0 aliphatic heterocycles. The predicted molar refractivity (Wildman–Crippen MR) is 147 cm³/mol. The summed E-state index contributed by atoms with van der Waals surface area (Å²) in [6, 6.07) is 37.8. The molecule has 0 aliphatic rings. The average Bonchev–Trinajstić information content (AvgIpc) is 3.53. The standard InChI is InChI=1S/C30H17NS2/c1-4-12-24-18(8-1)21-16-17-23-20-10-3-6-15-27(20)33-30(23)28(21)31(24)25-13-7-11-22-19-9-2-5-14-26(19)32-29(22)25/h1-17H. The molecular formula is C30H17NS2. The molecule has 0 amide bonds. The maximum atomic E-state index is 2.51. The Morgan fingerprint density at radius 2 is 1.00 bits per heavy atom. The zero-order valence-corrected chi connectivity index (χ0v) is 19.2. The van der Waals surface area contributed by atoms with Gasteiger partial charge < -0.3 is 4.57 Å². The Balaban J connectivity index is 1.63. The number of thiophene rings is 2. The summed E-state index contributed by atoms with van der Waals surface area (Å²) in [4.78, 5) is 0. The molecular weight excluding hydrogens is 438 g/mol. The van der Waals surface area contributed by atoms with Crippen LogP contribution in [0.1, 0.15) is 0 Å². The zero-order valence-electron chi connectivity index (χ0n) is 17.6. The molecule has 0 unspecified atom stereocenters. The second kappa shape index (κ2) is 6.44. The quantitative estimate of drug-likeness (QED) is 0.232. The van der Waals surface area contributed by atoms with E-state index in [-0.39, 0.29) is 0 Å². The molecule has 0 spiro atoms. The number of benzene rings is 5. The molecule has 0 saturated carbocycles. The van der Waals surface area contributed by atoms with E-state index >= 15 is 0 Å². The van der Waals surface area contributed by atoms with Gasteiger partial charge in [0.05, 0.1) is 26.1 Å². The van der Waals surface area contributed by atoms with Crippen molar-refractivity contribution in [2.45, 2.75) is 0 Å². The third kappa shape index (κ3) is 2.31. The second-order valence-electron chi connectivity index (χ2n) is 8.54. The fourth-order valence-electron chi connectivity index (χ4n) is 5.39. The molecule has 8 rings (SSSR count). The van der Waals surface area contributed by atoms with Gasteiger partial charge in [0.15, 0.2) is 0 Å². The van der Waals surface area contributed by atoms with E-state index in [1.165, 1.54) is 67.8 Å². The van der Waals surface area contributed by atoms with E-state index in [4.69, 9.17) is 0 Å². The van der Waals surface area contributed by atoms with Crippen molar-refractivity contribution in [3.63, 3.8) is 0 Å². The normalized spacial score (nSPS) is 12.2. The van der Waals surface area contributed by atoms with Crippen LogP contribution in [0.3, 0.4) is 0 Å². The Labute approximate surface area is 197 Å². The van der Waals surface area contributed by atoms with Crippen LogP contribution in [0.5, 0.6) is 0 Å². The molecule has 0 atom stereocenters. The van der Waals surface area contributed by atoms with Gasteiger partial charge in [0.25, 0.3) is 0 Å². The molecule has 0 aliphatic carbocycles. The van der Waals surface area contributed by atoms with Crippen LogP contribution in [0.15, 0.2) is 103 Å². The van der Waals surface area contributed by atoms with E-state index in [0.717, 1.165) is 0 Å². The third-order valence-electron chi connectivity index (χ3n) is 6.80. The van der Waals surface area contributed by atoms with E-state index in [1.807, 2.05) is 22.7 Å². The first-order chi connectivity index (χ1) is 16.4. The summed E-state index contributed by atoms with van der Waals surface area (Å²) in [6.07, 6.45) is 0. The summed E-state index contributed by atoms with van der Waals surface area (Å²) < 4.78 is 7.91. The van der Waals surface area contributed by atoms with Crippen LogP contribution < -0.4 is 0 Å².